The molecule has 0 unspecified atom stereocenters. The SMILES string of the molecule is CC(=O)N1CCC(c2cccc([C@H]3CC[C@H](C)CN3C(=O)C(=O)Nc3cnc(N)c(C)c3)c2)CC1. The number of piperidine rings is 2. The number of hydrogen-bond acceptors (Lipinski definition) is 5. The Morgan fingerprint density at radius 3 is 2.46 bits per heavy atom. The number of anilines is 2. The second-order valence-electron chi connectivity index (χ2n) is 9.99. The second-order valence-corrected chi connectivity index (χ2v) is 9.99. The molecule has 35 heavy (non-hydrogen) atoms. The predicted molar refractivity (Wildman–Crippen MR) is 136 cm³/mol. The van der Waals surface area contributed by atoms with Crippen LogP contribution in [0.3, 0.4) is 0 Å². The Hall–Kier alpha value is -3.42. The average molecular weight is 478 g/mol. The molecule has 3 N–H and O–H groups in total. The van der Waals surface area contributed by atoms with Crippen molar-refractivity contribution in [3.63, 3.8) is 0 Å². The van der Waals surface area contributed by atoms with Crippen LogP contribution in [0.15, 0.2) is 36.5 Å². The van der Waals surface area contributed by atoms with Gasteiger partial charge in [-0.15, -0.1) is 0 Å². The molecular formula is C27H35N5O3. The van der Waals surface area contributed by atoms with Crippen LogP contribution in [-0.2, 0) is 14.4 Å². The van der Waals surface area contributed by atoms with E-state index in [0.29, 0.717) is 29.9 Å². The molecule has 2 aromatic rings. The molecule has 2 fully saturated rings. The monoisotopic (exact) mass is 477 g/mol. The molecule has 2 aliphatic rings. The topological polar surface area (TPSA) is 109 Å². The van der Waals surface area contributed by atoms with E-state index >= 15 is 0 Å². The number of nitrogens with zero attached hydrogens (tertiary/aromatic N) is 3. The van der Waals surface area contributed by atoms with Crippen molar-refractivity contribution >= 4 is 29.2 Å². The van der Waals surface area contributed by atoms with E-state index in [2.05, 4.69) is 35.4 Å². The predicted octanol–water partition coefficient (Wildman–Crippen LogP) is 3.64. The number of pyridine rings is 1. The largest absolute Gasteiger partial charge is 0.383 e. The van der Waals surface area contributed by atoms with Crippen molar-refractivity contribution in [1.29, 1.82) is 0 Å². The molecule has 0 aliphatic carbocycles. The molecule has 186 valence electrons. The second kappa shape index (κ2) is 10.5. The molecule has 0 bridgehead atoms. The first kappa shape index (κ1) is 24.7. The Morgan fingerprint density at radius 2 is 1.77 bits per heavy atom. The summed E-state index contributed by atoms with van der Waals surface area (Å²) < 4.78 is 0. The fraction of sp³-hybridized carbons (Fsp3) is 0.481. The van der Waals surface area contributed by atoms with Gasteiger partial charge in [-0.05, 0) is 67.2 Å². The number of aryl methyl sites for hydroxylation is 1. The van der Waals surface area contributed by atoms with E-state index in [4.69, 9.17) is 5.73 Å². The van der Waals surface area contributed by atoms with Crippen LogP contribution in [0.1, 0.15) is 68.2 Å². The molecule has 1 aromatic heterocycles. The number of rotatable bonds is 3. The van der Waals surface area contributed by atoms with Gasteiger partial charge in [0, 0.05) is 26.6 Å². The van der Waals surface area contributed by atoms with Crippen LogP contribution in [0.5, 0.6) is 0 Å². The maximum atomic E-state index is 13.3. The van der Waals surface area contributed by atoms with Crippen LogP contribution >= 0.6 is 0 Å². The smallest absolute Gasteiger partial charge is 0.313 e. The van der Waals surface area contributed by atoms with Crippen molar-refractivity contribution in [1.82, 2.24) is 14.8 Å². The Labute approximate surface area is 206 Å². The van der Waals surface area contributed by atoms with Gasteiger partial charge in [0.2, 0.25) is 5.91 Å². The third-order valence-corrected chi connectivity index (χ3v) is 7.36. The zero-order chi connectivity index (χ0) is 25.1. The van der Waals surface area contributed by atoms with Crippen molar-refractivity contribution in [2.24, 2.45) is 5.92 Å². The summed E-state index contributed by atoms with van der Waals surface area (Å²) in [6.45, 7) is 7.62. The third-order valence-electron chi connectivity index (χ3n) is 7.36. The van der Waals surface area contributed by atoms with Gasteiger partial charge in [-0.1, -0.05) is 31.2 Å². The number of nitrogen functional groups attached to an aromatic ring is 1. The summed E-state index contributed by atoms with van der Waals surface area (Å²) in [5.41, 5.74) is 9.26. The van der Waals surface area contributed by atoms with E-state index in [1.54, 1.807) is 24.8 Å². The van der Waals surface area contributed by atoms with Crippen LogP contribution in [0.4, 0.5) is 11.5 Å². The first-order valence-corrected chi connectivity index (χ1v) is 12.4. The van der Waals surface area contributed by atoms with E-state index in [1.165, 1.54) is 11.8 Å². The number of aromatic nitrogens is 1. The summed E-state index contributed by atoms with van der Waals surface area (Å²) in [6, 6.07) is 10.0. The lowest BCUT2D eigenvalue weighted by atomic mass is 9.85. The molecule has 8 nitrogen and oxygen atoms in total. The van der Waals surface area contributed by atoms with Crippen molar-refractivity contribution < 1.29 is 14.4 Å². The van der Waals surface area contributed by atoms with E-state index in [-0.39, 0.29) is 11.9 Å². The minimum Gasteiger partial charge on any atom is -0.383 e. The van der Waals surface area contributed by atoms with Crippen LogP contribution in [0.2, 0.25) is 0 Å². The Balaban J connectivity index is 1.50. The maximum Gasteiger partial charge on any atom is 0.313 e. The van der Waals surface area contributed by atoms with Gasteiger partial charge in [0.25, 0.3) is 0 Å². The number of benzene rings is 1. The molecule has 2 aliphatic heterocycles. The number of hydrogen-bond donors (Lipinski definition) is 2. The van der Waals surface area contributed by atoms with Crippen molar-refractivity contribution in [3.8, 4) is 0 Å². The molecule has 8 heteroatoms. The number of likely N-dealkylation sites (tertiary alicyclic amines) is 2. The van der Waals surface area contributed by atoms with E-state index in [0.717, 1.165) is 49.9 Å². The number of carbonyl (C=O) groups excluding carboxylic acids is 3. The van der Waals surface area contributed by atoms with E-state index < -0.39 is 11.8 Å². The van der Waals surface area contributed by atoms with Crippen molar-refractivity contribution in [2.45, 2.75) is 58.4 Å². The molecule has 3 heterocycles. The summed E-state index contributed by atoms with van der Waals surface area (Å²) in [7, 11) is 0. The molecule has 3 amide bonds. The quantitative estimate of drug-likeness (QED) is 0.656. The van der Waals surface area contributed by atoms with Gasteiger partial charge in [0.15, 0.2) is 0 Å². The third kappa shape index (κ3) is 5.63. The highest BCUT2D eigenvalue weighted by atomic mass is 16.2. The number of nitrogens with two attached hydrogens (primary N) is 1. The van der Waals surface area contributed by atoms with Gasteiger partial charge >= 0.3 is 11.8 Å². The highest BCUT2D eigenvalue weighted by Crippen LogP contribution is 2.36. The van der Waals surface area contributed by atoms with E-state index in [9.17, 15) is 14.4 Å². The first-order valence-electron chi connectivity index (χ1n) is 12.4. The molecule has 0 radical (unpaired) electrons. The van der Waals surface area contributed by atoms with Crippen LogP contribution in [0.25, 0.3) is 0 Å². The van der Waals surface area contributed by atoms with Gasteiger partial charge in [-0.25, -0.2) is 4.98 Å². The number of carbonyl (C=O) groups is 3. The average Bonchev–Trinajstić information content (AvgIpc) is 2.86. The lowest BCUT2D eigenvalue weighted by Crippen LogP contribution is -2.46. The molecule has 2 saturated heterocycles. The van der Waals surface area contributed by atoms with Gasteiger partial charge in [0.1, 0.15) is 5.82 Å². The summed E-state index contributed by atoms with van der Waals surface area (Å²) in [6.07, 6.45) is 5.15. The van der Waals surface area contributed by atoms with Crippen LogP contribution in [0, 0.1) is 12.8 Å². The zero-order valence-corrected chi connectivity index (χ0v) is 20.8. The molecule has 1 aromatic carbocycles. The zero-order valence-electron chi connectivity index (χ0n) is 20.8. The molecule has 0 saturated carbocycles. The molecule has 0 spiro atoms. The Morgan fingerprint density at radius 1 is 1.06 bits per heavy atom. The summed E-state index contributed by atoms with van der Waals surface area (Å²) >= 11 is 0. The Bertz CT molecular complexity index is 1110. The van der Waals surface area contributed by atoms with Crippen LogP contribution in [-0.4, -0.2) is 52.1 Å². The fourth-order valence-corrected chi connectivity index (χ4v) is 5.24. The highest BCUT2D eigenvalue weighted by Gasteiger charge is 2.34. The number of amides is 3. The standard InChI is InChI=1S/C27H35N5O3/c1-17-7-8-24(22-6-4-5-21(14-22)20-9-11-31(12-10-20)19(3)33)32(16-17)27(35)26(34)30-23-13-18(2)25(28)29-15-23/h4-6,13-15,17,20,24H,7-12,16H2,1-3H3,(H2,28,29)(H,30,34)/t17-,24+/m0/s1. The molecular weight excluding hydrogens is 442 g/mol. The van der Waals surface area contributed by atoms with Gasteiger partial charge < -0.3 is 20.9 Å². The van der Waals surface area contributed by atoms with Gasteiger partial charge in [-0.2, -0.15) is 0 Å². The van der Waals surface area contributed by atoms with Gasteiger partial charge in [-0.3, -0.25) is 14.4 Å². The normalized spacial score (nSPS) is 21.0. The van der Waals surface area contributed by atoms with Gasteiger partial charge in [0.05, 0.1) is 17.9 Å². The maximum absolute atomic E-state index is 13.3. The van der Waals surface area contributed by atoms with Crippen LogP contribution < -0.4 is 11.1 Å². The number of nitrogens with one attached hydrogen (secondary N) is 1. The highest BCUT2D eigenvalue weighted by molar-refractivity contribution is 6.39. The summed E-state index contributed by atoms with van der Waals surface area (Å²) in [5, 5.41) is 2.69. The van der Waals surface area contributed by atoms with Crippen molar-refractivity contribution in [3.05, 3.63) is 53.2 Å². The molecule has 4 rings (SSSR count). The molecule has 2 atom stereocenters. The minimum absolute atomic E-state index is 0.130. The fourth-order valence-electron chi connectivity index (χ4n) is 5.24. The lowest BCUT2D eigenvalue weighted by Gasteiger charge is -2.39. The first-order chi connectivity index (χ1) is 16.7. The van der Waals surface area contributed by atoms with E-state index in [1.807, 2.05) is 11.0 Å². The summed E-state index contributed by atoms with van der Waals surface area (Å²) in [4.78, 5) is 45.6. The Kier molecular flexibility index (Phi) is 7.38. The lowest BCUT2D eigenvalue weighted by molar-refractivity contribution is -0.146. The summed E-state index contributed by atoms with van der Waals surface area (Å²) in [5.74, 6) is 0.0419. The van der Waals surface area contributed by atoms with Crippen molar-refractivity contribution in [2.75, 3.05) is 30.7 Å². The minimum atomic E-state index is -0.664.